The first-order valence-electron chi connectivity index (χ1n) is 7.67. The molecule has 0 aromatic heterocycles. The number of unbranched alkanes of at least 4 members (excludes halogenated alkanes) is 8. The number of rotatable bonds is 13. The van der Waals surface area contributed by atoms with E-state index in [0.29, 0.717) is 6.42 Å². The maximum atomic E-state index is 11.2. The van der Waals surface area contributed by atoms with Crippen molar-refractivity contribution in [2.45, 2.75) is 84.2 Å². The lowest BCUT2D eigenvalue weighted by Crippen LogP contribution is -2.16. The van der Waals surface area contributed by atoms with E-state index in [1.165, 1.54) is 44.9 Å². The van der Waals surface area contributed by atoms with E-state index in [2.05, 4.69) is 16.7 Å². The van der Waals surface area contributed by atoms with Crippen LogP contribution in [0.1, 0.15) is 78.1 Å². The third kappa shape index (κ3) is 13.6. The fourth-order valence-corrected chi connectivity index (χ4v) is 1.79. The highest BCUT2D eigenvalue weighted by atomic mass is 17.2. The molecule has 0 amide bonds. The molecule has 4 heteroatoms. The Labute approximate surface area is 117 Å². The van der Waals surface area contributed by atoms with Crippen LogP contribution >= 0.6 is 0 Å². The quantitative estimate of drug-likeness (QED) is 0.315. The van der Waals surface area contributed by atoms with Crippen LogP contribution in [0.5, 0.6) is 0 Å². The second-order valence-electron chi connectivity index (χ2n) is 5.12. The molecule has 0 aliphatic carbocycles. The number of aliphatic hydroxyl groups is 1. The van der Waals surface area contributed by atoms with Gasteiger partial charge in [-0.15, -0.1) is 0 Å². The van der Waals surface area contributed by atoms with Gasteiger partial charge in [-0.1, -0.05) is 58.3 Å². The highest BCUT2D eigenvalue weighted by Crippen LogP contribution is 2.10. The summed E-state index contributed by atoms with van der Waals surface area (Å²) in [6, 6.07) is 0. The predicted molar refractivity (Wildman–Crippen MR) is 75.6 cm³/mol. The van der Waals surface area contributed by atoms with Crippen molar-refractivity contribution in [3.8, 4) is 0 Å². The summed E-state index contributed by atoms with van der Waals surface area (Å²) in [5.41, 5.74) is 0. The van der Waals surface area contributed by atoms with E-state index in [1.807, 2.05) is 0 Å². The van der Waals surface area contributed by atoms with E-state index in [9.17, 15) is 4.79 Å². The topological polar surface area (TPSA) is 55.8 Å². The molecular weight excluding hydrogens is 244 g/mol. The lowest BCUT2D eigenvalue weighted by molar-refractivity contribution is -0.298. The first kappa shape index (κ1) is 18.4. The Morgan fingerprint density at radius 1 is 1.00 bits per heavy atom. The van der Waals surface area contributed by atoms with Gasteiger partial charge in [0.1, 0.15) is 6.10 Å². The van der Waals surface area contributed by atoms with Gasteiger partial charge in [0.15, 0.2) is 0 Å². The Bertz CT molecular complexity index is 206. The summed E-state index contributed by atoms with van der Waals surface area (Å²) in [4.78, 5) is 20.5. The highest BCUT2D eigenvalue weighted by Gasteiger charge is 2.07. The van der Waals surface area contributed by atoms with Crippen LogP contribution in [0.15, 0.2) is 0 Å². The van der Waals surface area contributed by atoms with Crippen molar-refractivity contribution < 1.29 is 19.7 Å². The summed E-state index contributed by atoms with van der Waals surface area (Å²) in [6.07, 6.45) is 10.9. The van der Waals surface area contributed by atoms with Gasteiger partial charge in [-0.3, -0.25) is 4.89 Å². The van der Waals surface area contributed by atoms with Gasteiger partial charge in [0, 0.05) is 6.42 Å². The van der Waals surface area contributed by atoms with Crippen LogP contribution in [-0.4, -0.2) is 23.8 Å². The Morgan fingerprint density at radius 3 is 2.05 bits per heavy atom. The molecule has 0 aromatic rings. The third-order valence-corrected chi connectivity index (χ3v) is 3.05. The second-order valence-corrected chi connectivity index (χ2v) is 5.12. The van der Waals surface area contributed by atoms with Crippen molar-refractivity contribution in [3.63, 3.8) is 0 Å². The van der Waals surface area contributed by atoms with Crippen molar-refractivity contribution in [2.75, 3.05) is 6.61 Å². The molecule has 0 saturated carbocycles. The molecule has 0 rings (SSSR count). The molecule has 0 heterocycles. The molecular formula is C15H30O4. The van der Waals surface area contributed by atoms with Gasteiger partial charge in [-0.25, -0.2) is 4.79 Å². The maximum absolute atomic E-state index is 11.2. The number of hydrogen-bond acceptors (Lipinski definition) is 4. The Balaban J connectivity index is 3.18. The van der Waals surface area contributed by atoms with E-state index in [0.717, 1.165) is 12.8 Å². The molecule has 1 N–H and O–H groups in total. The second kappa shape index (κ2) is 13.8. The molecule has 4 nitrogen and oxygen atoms in total. The van der Waals surface area contributed by atoms with Crippen molar-refractivity contribution in [3.05, 3.63) is 0 Å². The zero-order valence-corrected chi connectivity index (χ0v) is 12.5. The minimum absolute atomic E-state index is 0.148. The molecule has 0 fully saturated rings. The van der Waals surface area contributed by atoms with Crippen LogP contribution in [-0.2, 0) is 14.6 Å². The summed E-state index contributed by atoms with van der Waals surface area (Å²) in [7, 11) is 0. The smallest absolute Gasteiger partial charge is 0.342 e. The number of aliphatic hydroxyl groups excluding tert-OH is 1. The normalized spacial score (nSPS) is 12.4. The van der Waals surface area contributed by atoms with E-state index >= 15 is 0 Å². The van der Waals surface area contributed by atoms with Crippen LogP contribution in [0.3, 0.4) is 0 Å². The average molecular weight is 274 g/mol. The monoisotopic (exact) mass is 274 g/mol. The van der Waals surface area contributed by atoms with Gasteiger partial charge in [-0.2, -0.15) is 4.89 Å². The van der Waals surface area contributed by atoms with Gasteiger partial charge in [0.2, 0.25) is 0 Å². The molecule has 1 unspecified atom stereocenters. The number of hydrogen-bond donors (Lipinski definition) is 1. The van der Waals surface area contributed by atoms with Gasteiger partial charge in [0.25, 0.3) is 0 Å². The van der Waals surface area contributed by atoms with Crippen LogP contribution in [0.4, 0.5) is 0 Å². The van der Waals surface area contributed by atoms with Crippen molar-refractivity contribution in [2.24, 2.45) is 0 Å². The predicted octanol–water partition coefficient (Wildman–Crippen LogP) is 3.76. The molecule has 1 atom stereocenters. The summed E-state index contributed by atoms with van der Waals surface area (Å²) >= 11 is 0. The summed E-state index contributed by atoms with van der Waals surface area (Å²) in [5, 5.41) is 8.68. The van der Waals surface area contributed by atoms with E-state index in [4.69, 9.17) is 5.11 Å². The SMILES string of the molecule is CCCCCCCCCCCC(=O)OOC(C)CO. The van der Waals surface area contributed by atoms with Gasteiger partial charge in [-0.05, 0) is 13.3 Å². The van der Waals surface area contributed by atoms with Crippen molar-refractivity contribution >= 4 is 5.97 Å². The van der Waals surface area contributed by atoms with Crippen molar-refractivity contribution in [1.29, 1.82) is 0 Å². The zero-order valence-electron chi connectivity index (χ0n) is 12.5. The largest absolute Gasteiger partial charge is 0.394 e. The molecule has 0 aliphatic rings. The van der Waals surface area contributed by atoms with Gasteiger partial charge < -0.3 is 5.11 Å². The molecule has 0 bridgehead atoms. The third-order valence-electron chi connectivity index (χ3n) is 3.05. The average Bonchev–Trinajstić information content (AvgIpc) is 2.42. The molecule has 0 saturated heterocycles. The molecule has 19 heavy (non-hydrogen) atoms. The summed E-state index contributed by atoms with van der Waals surface area (Å²) in [6.45, 7) is 3.72. The summed E-state index contributed by atoms with van der Waals surface area (Å²) in [5.74, 6) is -0.344. The van der Waals surface area contributed by atoms with E-state index < -0.39 is 6.10 Å². The minimum atomic E-state index is -0.452. The molecule has 0 radical (unpaired) electrons. The maximum Gasteiger partial charge on any atom is 0.342 e. The molecule has 0 aromatic carbocycles. The lowest BCUT2D eigenvalue weighted by Gasteiger charge is -2.07. The van der Waals surface area contributed by atoms with Crippen LogP contribution in [0.25, 0.3) is 0 Å². The Hall–Kier alpha value is -0.610. The number of carbonyl (C=O) groups is 1. The molecule has 114 valence electrons. The minimum Gasteiger partial charge on any atom is -0.394 e. The highest BCUT2D eigenvalue weighted by molar-refractivity contribution is 5.68. The van der Waals surface area contributed by atoms with Gasteiger partial charge >= 0.3 is 5.97 Å². The van der Waals surface area contributed by atoms with E-state index in [-0.39, 0.29) is 12.6 Å². The van der Waals surface area contributed by atoms with Crippen molar-refractivity contribution in [1.82, 2.24) is 0 Å². The number of carbonyl (C=O) groups excluding carboxylic acids is 1. The summed E-state index contributed by atoms with van der Waals surface area (Å²) < 4.78 is 0. The van der Waals surface area contributed by atoms with Crippen LogP contribution in [0.2, 0.25) is 0 Å². The first-order chi connectivity index (χ1) is 9.20. The fraction of sp³-hybridized carbons (Fsp3) is 0.933. The van der Waals surface area contributed by atoms with Gasteiger partial charge in [0.05, 0.1) is 6.61 Å². The Morgan fingerprint density at radius 2 is 1.53 bits per heavy atom. The van der Waals surface area contributed by atoms with Crippen LogP contribution < -0.4 is 0 Å². The lowest BCUT2D eigenvalue weighted by atomic mass is 10.1. The zero-order chi connectivity index (χ0) is 14.3. The van der Waals surface area contributed by atoms with E-state index in [1.54, 1.807) is 6.92 Å². The van der Waals surface area contributed by atoms with Crippen LogP contribution in [0, 0.1) is 0 Å². The molecule has 0 spiro atoms. The Kier molecular flexibility index (Phi) is 13.4. The standard InChI is InChI=1S/C15H30O4/c1-3-4-5-6-7-8-9-10-11-12-15(17)19-18-14(2)13-16/h14,16H,3-13H2,1-2H3. The molecule has 0 aliphatic heterocycles. The fourth-order valence-electron chi connectivity index (χ4n) is 1.79. The first-order valence-corrected chi connectivity index (χ1v) is 7.67.